The summed E-state index contributed by atoms with van der Waals surface area (Å²) in [6.45, 7) is -0.361. The number of halogens is 4. The number of aliphatic hydroxyl groups excluding tert-OH is 1. The lowest BCUT2D eigenvalue weighted by atomic mass is 9.91. The molecule has 48 heavy (non-hydrogen) atoms. The minimum absolute atomic E-state index is 0.0783. The first kappa shape index (κ1) is 31.6. The quantitative estimate of drug-likeness (QED) is 0.146. The Morgan fingerprint density at radius 2 is 1.17 bits per heavy atom. The summed E-state index contributed by atoms with van der Waals surface area (Å²) in [5.41, 5.74) is 7.27. The number of hydrogen-bond acceptors (Lipinski definition) is 8. The van der Waals surface area contributed by atoms with Crippen molar-refractivity contribution < 1.29 is 41.0 Å². The van der Waals surface area contributed by atoms with Gasteiger partial charge in [0, 0.05) is 40.9 Å². The summed E-state index contributed by atoms with van der Waals surface area (Å²) in [4.78, 5) is 11.5. The standard InChI is InChI=1S/C36H31F4N3O5/c1-19-23(24-8-6-10-26(20(24)2)34-42-28-14-22(18-44)30(48-36(39)40)16-32(28)46-34)7-5-9-25(19)33-41-27-13-21(17-43-11-3-4-12-43)29(47-35(37)38)15-31(27)45-33/h5-10,13-16,35-36,44H,3-4,11-12,17-18H2,1-2H3. The van der Waals surface area contributed by atoms with E-state index in [1.165, 1.54) is 18.2 Å². The summed E-state index contributed by atoms with van der Waals surface area (Å²) in [5, 5.41) is 9.67. The van der Waals surface area contributed by atoms with Crippen molar-refractivity contribution in [2.45, 2.75) is 53.1 Å². The van der Waals surface area contributed by atoms with Gasteiger partial charge in [0.05, 0.1) is 6.61 Å². The van der Waals surface area contributed by atoms with Crippen LogP contribution in [0.2, 0.25) is 0 Å². The van der Waals surface area contributed by atoms with Crippen LogP contribution >= 0.6 is 0 Å². The molecule has 1 saturated heterocycles. The van der Waals surface area contributed by atoms with Crippen LogP contribution in [0.4, 0.5) is 17.6 Å². The molecule has 4 aromatic carbocycles. The molecule has 0 radical (unpaired) electrons. The Hall–Kier alpha value is -4.94. The number of benzene rings is 4. The van der Waals surface area contributed by atoms with E-state index >= 15 is 0 Å². The second-order valence-corrected chi connectivity index (χ2v) is 11.7. The molecule has 6 aromatic rings. The second kappa shape index (κ2) is 12.9. The molecule has 0 aliphatic carbocycles. The van der Waals surface area contributed by atoms with Crippen LogP contribution in [0, 0.1) is 13.8 Å². The lowest BCUT2D eigenvalue weighted by Crippen LogP contribution is -2.19. The molecule has 0 unspecified atom stereocenters. The van der Waals surface area contributed by atoms with Crippen molar-refractivity contribution in [1.82, 2.24) is 14.9 Å². The van der Waals surface area contributed by atoms with Crippen molar-refractivity contribution in [3.05, 3.63) is 82.9 Å². The lowest BCUT2D eigenvalue weighted by molar-refractivity contribution is -0.0514. The largest absolute Gasteiger partial charge is 0.436 e. The second-order valence-electron chi connectivity index (χ2n) is 11.7. The van der Waals surface area contributed by atoms with E-state index in [0.717, 1.165) is 53.7 Å². The van der Waals surface area contributed by atoms with Crippen molar-refractivity contribution in [1.29, 1.82) is 0 Å². The highest BCUT2D eigenvalue weighted by Gasteiger charge is 2.22. The van der Waals surface area contributed by atoms with Gasteiger partial charge in [-0.2, -0.15) is 17.6 Å². The Morgan fingerprint density at radius 1 is 0.708 bits per heavy atom. The van der Waals surface area contributed by atoms with Gasteiger partial charge in [0.1, 0.15) is 22.5 Å². The van der Waals surface area contributed by atoms with Crippen LogP contribution in [0.5, 0.6) is 11.5 Å². The first-order valence-corrected chi connectivity index (χ1v) is 15.5. The van der Waals surface area contributed by atoms with Crippen LogP contribution in [0.25, 0.3) is 56.2 Å². The van der Waals surface area contributed by atoms with Gasteiger partial charge in [-0.3, -0.25) is 4.90 Å². The molecule has 1 aliphatic heterocycles. The molecule has 1 aliphatic rings. The Kier molecular flexibility index (Phi) is 8.52. The topological polar surface area (TPSA) is 94.0 Å². The zero-order valence-corrected chi connectivity index (χ0v) is 26.1. The molecular weight excluding hydrogens is 630 g/mol. The summed E-state index contributed by atoms with van der Waals surface area (Å²) in [6, 6.07) is 17.5. The molecule has 1 fully saturated rings. The summed E-state index contributed by atoms with van der Waals surface area (Å²) in [5.74, 6) is 0.525. The monoisotopic (exact) mass is 661 g/mol. The van der Waals surface area contributed by atoms with Crippen molar-refractivity contribution in [3.8, 4) is 45.5 Å². The average Bonchev–Trinajstić information content (AvgIpc) is 3.81. The Labute approximate surface area is 272 Å². The minimum Gasteiger partial charge on any atom is -0.436 e. The molecule has 0 bridgehead atoms. The number of ether oxygens (including phenoxy) is 2. The summed E-state index contributed by atoms with van der Waals surface area (Å²) < 4.78 is 74.1. The van der Waals surface area contributed by atoms with Gasteiger partial charge in [0.25, 0.3) is 0 Å². The molecule has 7 rings (SSSR count). The normalized spacial score (nSPS) is 13.9. The zero-order valence-electron chi connectivity index (χ0n) is 26.1. The third kappa shape index (κ3) is 6.09. The first-order valence-electron chi connectivity index (χ1n) is 15.5. The molecule has 8 nitrogen and oxygen atoms in total. The minimum atomic E-state index is -3.06. The van der Waals surface area contributed by atoms with Gasteiger partial charge < -0.3 is 23.4 Å². The molecule has 0 amide bonds. The fraction of sp³-hybridized carbons (Fsp3) is 0.278. The number of fused-ring (bicyclic) bond motifs is 2. The number of nitrogens with zero attached hydrogens (tertiary/aromatic N) is 3. The van der Waals surface area contributed by atoms with Crippen LogP contribution in [0.15, 0.2) is 69.5 Å². The van der Waals surface area contributed by atoms with Gasteiger partial charge in [-0.15, -0.1) is 0 Å². The Balaban J connectivity index is 1.25. The van der Waals surface area contributed by atoms with Gasteiger partial charge in [0.15, 0.2) is 11.2 Å². The molecule has 1 N–H and O–H groups in total. The highest BCUT2D eigenvalue weighted by atomic mass is 19.3. The predicted molar refractivity (Wildman–Crippen MR) is 171 cm³/mol. The van der Waals surface area contributed by atoms with Crippen LogP contribution in [-0.2, 0) is 13.2 Å². The molecule has 0 atom stereocenters. The molecule has 0 spiro atoms. The third-order valence-corrected chi connectivity index (χ3v) is 8.76. The average molecular weight is 662 g/mol. The fourth-order valence-electron chi connectivity index (χ4n) is 6.39. The van der Waals surface area contributed by atoms with Gasteiger partial charge in [-0.25, -0.2) is 9.97 Å². The predicted octanol–water partition coefficient (Wildman–Crippen LogP) is 8.88. The number of likely N-dealkylation sites (tertiary alicyclic amines) is 1. The highest BCUT2D eigenvalue weighted by Crippen LogP contribution is 2.39. The number of hydrogen-bond donors (Lipinski definition) is 1. The van der Waals surface area contributed by atoms with Gasteiger partial charge >= 0.3 is 13.2 Å². The van der Waals surface area contributed by atoms with Crippen LogP contribution in [0.3, 0.4) is 0 Å². The molecule has 248 valence electrons. The first-order chi connectivity index (χ1) is 23.2. The number of rotatable bonds is 10. The van der Waals surface area contributed by atoms with E-state index in [9.17, 15) is 22.7 Å². The fourth-order valence-corrected chi connectivity index (χ4v) is 6.39. The summed E-state index contributed by atoms with van der Waals surface area (Å²) in [6.07, 6.45) is 2.14. The molecule has 3 heterocycles. The van der Waals surface area contributed by atoms with E-state index in [1.54, 1.807) is 6.07 Å². The Morgan fingerprint density at radius 3 is 1.65 bits per heavy atom. The van der Waals surface area contributed by atoms with Gasteiger partial charge in [-0.1, -0.05) is 24.3 Å². The molecule has 2 aromatic heterocycles. The maximum absolute atomic E-state index is 13.3. The maximum Gasteiger partial charge on any atom is 0.387 e. The summed E-state index contributed by atoms with van der Waals surface area (Å²) >= 11 is 0. The van der Waals surface area contributed by atoms with Crippen LogP contribution in [0.1, 0.15) is 35.1 Å². The van der Waals surface area contributed by atoms with E-state index in [2.05, 4.69) is 14.6 Å². The van der Waals surface area contributed by atoms with Crippen LogP contribution < -0.4 is 9.47 Å². The molecule has 12 heteroatoms. The number of oxazole rings is 2. The molecular formula is C36H31F4N3O5. The van der Waals surface area contributed by atoms with E-state index in [0.29, 0.717) is 40.2 Å². The van der Waals surface area contributed by atoms with E-state index < -0.39 is 19.8 Å². The van der Waals surface area contributed by atoms with Gasteiger partial charge in [-0.05, 0) is 86.3 Å². The lowest BCUT2D eigenvalue weighted by Gasteiger charge is -2.17. The van der Waals surface area contributed by atoms with Crippen molar-refractivity contribution in [2.24, 2.45) is 0 Å². The number of alkyl halides is 4. The Bertz CT molecular complexity index is 2120. The number of aliphatic hydroxyl groups is 1. The summed E-state index contributed by atoms with van der Waals surface area (Å²) in [7, 11) is 0. The zero-order chi connectivity index (χ0) is 33.5. The van der Waals surface area contributed by atoms with Crippen LogP contribution in [-0.4, -0.2) is 46.3 Å². The van der Waals surface area contributed by atoms with E-state index in [-0.39, 0.29) is 28.5 Å². The van der Waals surface area contributed by atoms with Crippen molar-refractivity contribution >= 4 is 22.2 Å². The third-order valence-electron chi connectivity index (χ3n) is 8.76. The SMILES string of the molecule is Cc1c(-c2nc3cc(CO)c(OC(F)F)cc3o2)cccc1-c1cccc(-c2nc3cc(CN4CCCC4)c(OC(F)F)cc3o2)c1C. The van der Waals surface area contributed by atoms with Crippen molar-refractivity contribution in [3.63, 3.8) is 0 Å². The van der Waals surface area contributed by atoms with E-state index in [4.69, 9.17) is 18.6 Å². The molecule has 0 saturated carbocycles. The highest BCUT2D eigenvalue weighted by molar-refractivity contribution is 5.85. The maximum atomic E-state index is 13.3. The van der Waals surface area contributed by atoms with E-state index in [1.807, 2.05) is 50.2 Å². The van der Waals surface area contributed by atoms with Crippen molar-refractivity contribution in [2.75, 3.05) is 13.1 Å². The van der Waals surface area contributed by atoms with Gasteiger partial charge in [0.2, 0.25) is 11.8 Å². The smallest absolute Gasteiger partial charge is 0.387 e. The number of aromatic nitrogens is 2.